The molecule has 0 saturated carbocycles. The highest BCUT2D eigenvalue weighted by atomic mass is 32.2. The van der Waals surface area contributed by atoms with Gasteiger partial charge in [0.05, 0.1) is 19.1 Å². The van der Waals surface area contributed by atoms with Crippen molar-refractivity contribution < 1.29 is 27.8 Å². The van der Waals surface area contributed by atoms with Crippen molar-refractivity contribution in [3.05, 3.63) is 23.8 Å². The van der Waals surface area contributed by atoms with Crippen LogP contribution >= 0.6 is 0 Å². The average molecular weight is 355 g/mol. The van der Waals surface area contributed by atoms with E-state index in [9.17, 15) is 18.3 Å². The molecule has 2 saturated heterocycles. The largest absolute Gasteiger partial charge is 0.495 e. The van der Waals surface area contributed by atoms with Crippen LogP contribution in [0.2, 0.25) is 0 Å². The van der Waals surface area contributed by atoms with Gasteiger partial charge in [-0.3, -0.25) is 4.79 Å². The lowest BCUT2D eigenvalue weighted by molar-refractivity contribution is -0.157. The van der Waals surface area contributed by atoms with Crippen molar-refractivity contribution >= 4 is 16.0 Å². The Balaban J connectivity index is 2.00. The fourth-order valence-electron chi connectivity index (χ4n) is 3.56. The molecular weight excluding hydrogens is 334 g/mol. The molecule has 8 heteroatoms. The lowest BCUT2D eigenvalue weighted by Gasteiger charge is -2.34. The van der Waals surface area contributed by atoms with Gasteiger partial charge in [-0.2, -0.15) is 4.31 Å². The molecule has 2 fully saturated rings. The third kappa shape index (κ3) is 2.58. The molecule has 7 nitrogen and oxygen atoms in total. The van der Waals surface area contributed by atoms with Gasteiger partial charge in [0, 0.05) is 25.6 Å². The van der Waals surface area contributed by atoms with E-state index >= 15 is 0 Å². The third-order valence-electron chi connectivity index (χ3n) is 5.04. The van der Waals surface area contributed by atoms with Gasteiger partial charge in [-0.15, -0.1) is 0 Å². The number of benzene rings is 1. The van der Waals surface area contributed by atoms with E-state index in [1.54, 1.807) is 25.1 Å². The molecule has 1 N–H and O–H groups in total. The molecule has 0 aromatic heterocycles. The molecule has 0 spiro atoms. The minimum absolute atomic E-state index is 0.0320. The van der Waals surface area contributed by atoms with Crippen LogP contribution in [0.1, 0.15) is 12.0 Å². The number of carboxylic acid groups (broad SMARTS) is 1. The summed E-state index contributed by atoms with van der Waals surface area (Å²) in [7, 11) is -2.43. The lowest BCUT2D eigenvalue weighted by Crippen LogP contribution is -2.45. The molecule has 0 amide bonds. The normalized spacial score (nSPS) is 27.7. The second-order valence-corrected chi connectivity index (χ2v) is 8.34. The first-order chi connectivity index (χ1) is 11.3. The van der Waals surface area contributed by atoms with E-state index in [0.29, 0.717) is 13.0 Å². The molecule has 0 radical (unpaired) electrons. The van der Waals surface area contributed by atoms with Gasteiger partial charge < -0.3 is 14.6 Å². The molecule has 0 bridgehead atoms. The summed E-state index contributed by atoms with van der Waals surface area (Å²) in [4.78, 5) is 11.9. The number of aliphatic carboxylic acids is 1. The van der Waals surface area contributed by atoms with E-state index in [-0.39, 0.29) is 36.3 Å². The predicted molar refractivity (Wildman–Crippen MR) is 85.5 cm³/mol. The van der Waals surface area contributed by atoms with Crippen LogP contribution in [0.25, 0.3) is 0 Å². The monoisotopic (exact) mass is 355 g/mol. The minimum atomic E-state index is -3.84. The van der Waals surface area contributed by atoms with Gasteiger partial charge in [0.1, 0.15) is 10.6 Å². The highest BCUT2D eigenvalue weighted by molar-refractivity contribution is 7.89. The van der Waals surface area contributed by atoms with Crippen molar-refractivity contribution in [2.24, 2.45) is 11.3 Å². The average Bonchev–Trinajstić information content (AvgIpc) is 2.96. The number of carbonyl (C=O) groups is 1. The SMILES string of the molecule is COc1ccc(C)cc1S(=O)(=O)N1C[C@@H]2COCC[C@]2(C(=O)O)C1. The van der Waals surface area contributed by atoms with Crippen molar-refractivity contribution in [1.82, 2.24) is 4.31 Å². The summed E-state index contributed by atoms with van der Waals surface area (Å²) >= 11 is 0. The highest BCUT2D eigenvalue weighted by Gasteiger charge is 2.56. The lowest BCUT2D eigenvalue weighted by atomic mass is 9.74. The van der Waals surface area contributed by atoms with Gasteiger partial charge in [-0.1, -0.05) is 6.07 Å². The molecule has 2 aliphatic heterocycles. The van der Waals surface area contributed by atoms with Gasteiger partial charge >= 0.3 is 5.97 Å². The van der Waals surface area contributed by atoms with Gasteiger partial charge in [0.2, 0.25) is 10.0 Å². The Morgan fingerprint density at radius 1 is 1.46 bits per heavy atom. The van der Waals surface area contributed by atoms with Crippen LogP contribution < -0.4 is 4.74 Å². The Morgan fingerprint density at radius 3 is 2.83 bits per heavy atom. The summed E-state index contributed by atoms with van der Waals surface area (Å²) in [5, 5.41) is 9.70. The predicted octanol–water partition coefficient (Wildman–Crippen LogP) is 1.12. The van der Waals surface area contributed by atoms with Gasteiger partial charge in [-0.05, 0) is 31.0 Å². The Bertz CT molecular complexity index is 762. The van der Waals surface area contributed by atoms with Crippen molar-refractivity contribution in [3.63, 3.8) is 0 Å². The van der Waals surface area contributed by atoms with Crippen LogP contribution in [-0.4, -0.2) is 57.2 Å². The van der Waals surface area contributed by atoms with Gasteiger partial charge in [0.25, 0.3) is 0 Å². The number of carboxylic acids is 1. The summed E-state index contributed by atoms with van der Waals surface area (Å²) in [5.74, 6) is -1.03. The van der Waals surface area contributed by atoms with Crippen LogP contribution in [0, 0.1) is 18.3 Å². The number of hydrogen-bond acceptors (Lipinski definition) is 5. The summed E-state index contributed by atoms with van der Waals surface area (Å²) in [6.07, 6.45) is 0.323. The first-order valence-electron chi connectivity index (χ1n) is 7.77. The Labute approximate surface area is 141 Å². The molecule has 132 valence electrons. The van der Waals surface area contributed by atoms with Crippen LogP contribution in [-0.2, 0) is 19.6 Å². The van der Waals surface area contributed by atoms with Crippen LogP contribution in [0.5, 0.6) is 5.75 Å². The quantitative estimate of drug-likeness (QED) is 0.870. The zero-order valence-corrected chi connectivity index (χ0v) is 14.5. The molecule has 1 aromatic rings. The van der Waals surface area contributed by atoms with E-state index in [0.717, 1.165) is 5.56 Å². The molecule has 0 aliphatic carbocycles. The Hall–Kier alpha value is -1.64. The smallest absolute Gasteiger partial charge is 0.311 e. The van der Waals surface area contributed by atoms with E-state index in [4.69, 9.17) is 9.47 Å². The fourth-order valence-corrected chi connectivity index (χ4v) is 5.36. The second-order valence-electron chi connectivity index (χ2n) is 6.44. The molecule has 2 aliphatic rings. The molecule has 0 unspecified atom stereocenters. The van der Waals surface area contributed by atoms with E-state index in [2.05, 4.69) is 0 Å². The minimum Gasteiger partial charge on any atom is -0.495 e. The van der Waals surface area contributed by atoms with Crippen LogP contribution in [0.15, 0.2) is 23.1 Å². The molecule has 24 heavy (non-hydrogen) atoms. The highest BCUT2D eigenvalue weighted by Crippen LogP contribution is 2.44. The zero-order valence-electron chi connectivity index (χ0n) is 13.7. The Morgan fingerprint density at radius 2 is 2.21 bits per heavy atom. The number of aryl methyl sites for hydroxylation is 1. The molecule has 3 rings (SSSR count). The molecule has 2 atom stereocenters. The summed E-state index contributed by atoms with van der Waals surface area (Å²) in [5.41, 5.74) is -0.273. The number of methoxy groups -OCH3 is 1. The summed E-state index contributed by atoms with van der Waals surface area (Å²) in [6, 6.07) is 4.94. The Kier molecular flexibility index (Phi) is 4.31. The number of ether oxygens (including phenoxy) is 2. The number of sulfonamides is 1. The standard InChI is InChI=1S/C16H21NO6S/c1-11-3-4-13(22-2)14(7-11)24(20,21)17-8-12-9-23-6-5-16(12,10-17)15(18)19/h3-4,7,12H,5-6,8-10H2,1-2H3,(H,18,19)/t12-,16+/m1/s1. The first kappa shape index (κ1) is 17.2. The maximum absolute atomic E-state index is 13.1. The topological polar surface area (TPSA) is 93.1 Å². The van der Waals surface area contributed by atoms with Crippen LogP contribution in [0.3, 0.4) is 0 Å². The molecule has 1 aromatic carbocycles. The van der Waals surface area contributed by atoms with Crippen molar-refractivity contribution in [1.29, 1.82) is 0 Å². The number of rotatable bonds is 4. The maximum atomic E-state index is 13.1. The third-order valence-corrected chi connectivity index (χ3v) is 6.87. The van der Waals surface area contributed by atoms with Gasteiger partial charge in [0.15, 0.2) is 0 Å². The van der Waals surface area contributed by atoms with Crippen molar-refractivity contribution in [2.75, 3.05) is 33.4 Å². The van der Waals surface area contributed by atoms with Crippen molar-refractivity contribution in [2.45, 2.75) is 18.2 Å². The number of nitrogens with zero attached hydrogens (tertiary/aromatic N) is 1. The van der Waals surface area contributed by atoms with Gasteiger partial charge in [-0.25, -0.2) is 8.42 Å². The maximum Gasteiger partial charge on any atom is 0.311 e. The van der Waals surface area contributed by atoms with Crippen LogP contribution in [0.4, 0.5) is 0 Å². The summed E-state index contributed by atoms with van der Waals surface area (Å²) in [6.45, 7) is 2.52. The first-order valence-corrected chi connectivity index (χ1v) is 9.21. The zero-order chi connectivity index (χ0) is 17.5. The number of hydrogen-bond donors (Lipinski definition) is 1. The van der Waals surface area contributed by atoms with E-state index < -0.39 is 21.4 Å². The second kappa shape index (κ2) is 6.02. The number of fused-ring (bicyclic) bond motifs is 1. The van der Waals surface area contributed by atoms with E-state index in [1.807, 2.05) is 0 Å². The molecular formula is C16H21NO6S. The molecule has 2 heterocycles. The fraction of sp³-hybridized carbons (Fsp3) is 0.562. The van der Waals surface area contributed by atoms with Crippen molar-refractivity contribution in [3.8, 4) is 5.75 Å². The van der Waals surface area contributed by atoms with E-state index in [1.165, 1.54) is 11.4 Å². The summed E-state index contributed by atoms with van der Waals surface area (Å²) < 4.78 is 38.0.